The van der Waals surface area contributed by atoms with Gasteiger partial charge in [0.2, 0.25) is 10.0 Å². The molecule has 22 heavy (non-hydrogen) atoms. The lowest BCUT2D eigenvalue weighted by Crippen LogP contribution is -2.42. The van der Waals surface area contributed by atoms with Crippen LogP contribution in [-0.2, 0) is 17.1 Å². The summed E-state index contributed by atoms with van der Waals surface area (Å²) in [5.74, 6) is -0.148. The average molecular weight is 346 g/mol. The molecule has 2 aromatic rings. The van der Waals surface area contributed by atoms with Crippen molar-refractivity contribution in [3.8, 4) is 0 Å². The third-order valence-electron chi connectivity index (χ3n) is 3.17. The fourth-order valence-electron chi connectivity index (χ4n) is 1.97. The van der Waals surface area contributed by atoms with Gasteiger partial charge >= 0.3 is 5.76 Å². The molecule has 0 aliphatic heterocycles. The quantitative estimate of drug-likeness (QED) is 0.791. The van der Waals surface area contributed by atoms with Crippen LogP contribution in [0.1, 0.15) is 6.92 Å². The highest BCUT2D eigenvalue weighted by molar-refractivity contribution is 7.98. The number of oxazole rings is 1. The Morgan fingerprint density at radius 2 is 2.14 bits per heavy atom. The van der Waals surface area contributed by atoms with Gasteiger partial charge in [-0.1, -0.05) is 0 Å². The highest BCUT2D eigenvalue weighted by Crippen LogP contribution is 2.18. The summed E-state index contributed by atoms with van der Waals surface area (Å²) in [6.45, 7) is 1.47. The van der Waals surface area contributed by atoms with Crippen molar-refractivity contribution in [1.29, 1.82) is 0 Å². The molecule has 0 saturated heterocycles. The molecule has 0 aliphatic carbocycles. The molecule has 7 nitrogen and oxygen atoms in total. The van der Waals surface area contributed by atoms with E-state index in [0.717, 1.165) is 0 Å². The zero-order chi connectivity index (χ0) is 16.5. The molecule has 0 fully saturated rings. The van der Waals surface area contributed by atoms with Crippen LogP contribution in [0.4, 0.5) is 0 Å². The molecule has 1 atom stereocenters. The summed E-state index contributed by atoms with van der Waals surface area (Å²) in [5, 5.41) is 10.0. The van der Waals surface area contributed by atoms with E-state index in [1.165, 1.54) is 41.6 Å². The lowest BCUT2D eigenvalue weighted by molar-refractivity contribution is 0.0908. The van der Waals surface area contributed by atoms with Crippen LogP contribution in [0.2, 0.25) is 0 Å². The van der Waals surface area contributed by atoms with Gasteiger partial charge in [-0.25, -0.2) is 17.9 Å². The number of sulfonamides is 1. The summed E-state index contributed by atoms with van der Waals surface area (Å²) >= 11 is 1.43. The van der Waals surface area contributed by atoms with E-state index in [4.69, 9.17) is 4.42 Å². The molecule has 2 N–H and O–H groups in total. The normalized spacial score (nSPS) is 15.1. The van der Waals surface area contributed by atoms with Crippen LogP contribution < -0.4 is 10.5 Å². The van der Waals surface area contributed by atoms with Crippen molar-refractivity contribution in [3.05, 3.63) is 28.7 Å². The lowest BCUT2D eigenvalue weighted by Gasteiger charge is -2.22. The van der Waals surface area contributed by atoms with Crippen LogP contribution in [0.5, 0.6) is 0 Å². The summed E-state index contributed by atoms with van der Waals surface area (Å²) in [5.41, 5.74) is -0.427. The van der Waals surface area contributed by atoms with Crippen LogP contribution in [-0.4, -0.2) is 42.2 Å². The monoisotopic (exact) mass is 346 g/mol. The van der Waals surface area contributed by atoms with Crippen molar-refractivity contribution in [1.82, 2.24) is 9.29 Å². The molecule has 0 radical (unpaired) electrons. The second-order valence-electron chi connectivity index (χ2n) is 5.31. The molecule has 0 amide bonds. The maximum atomic E-state index is 12.3. The number of hydrogen-bond acceptors (Lipinski definition) is 6. The number of rotatable bonds is 6. The first-order valence-corrected chi connectivity index (χ1v) is 9.34. The number of aliphatic hydroxyl groups is 1. The molecular weight excluding hydrogens is 328 g/mol. The number of hydrogen-bond donors (Lipinski definition) is 2. The minimum Gasteiger partial charge on any atom is -0.408 e. The minimum atomic E-state index is -3.79. The lowest BCUT2D eigenvalue weighted by atomic mass is 10.1. The van der Waals surface area contributed by atoms with Gasteiger partial charge < -0.3 is 9.52 Å². The van der Waals surface area contributed by atoms with Crippen LogP contribution in [0.3, 0.4) is 0 Å². The average Bonchev–Trinajstić information content (AvgIpc) is 2.72. The molecule has 2 rings (SSSR count). The summed E-state index contributed by atoms with van der Waals surface area (Å²) in [6.07, 6.45) is 1.83. The predicted octanol–water partition coefficient (Wildman–Crippen LogP) is 0.524. The Labute approximate surface area is 132 Å². The summed E-state index contributed by atoms with van der Waals surface area (Å²) < 4.78 is 33.2. The largest absolute Gasteiger partial charge is 0.419 e. The van der Waals surface area contributed by atoms with Crippen LogP contribution >= 0.6 is 11.8 Å². The predicted molar refractivity (Wildman–Crippen MR) is 85.6 cm³/mol. The second-order valence-corrected chi connectivity index (χ2v) is 7.94. The fraction of sp³-hybridized carbons (Fsp3) is 0.462. The first-order chi connectivity index (χ1) is 10.2. The van der Waals surface area contributed by atoms with Gasteiger partial charge in [0.1, 0.15) is 0 Å². The third kappa shape index (κ3) is 3.54. The number of nitrogens with one attached hydrogen (secondary N) is 1. The van der Waals surface area contributed by atoms with E-state index < -0.39 is 21.4 Å². The number of thioether (sulfide) groups is 1. The number of fused-ring (bicyclic) bond motifs is 1. The van der Waals surface area contributed by atoms with Gasteiger partial charge in [-0.05, 0) is 31.4 Å². The van der Waals surface area contributed by atoms with Crippen molar-refractivity contribution < 1.29 is 17.9 Å². The smallest absolute Gasteiger partial charge is 0.408 e. The molecule has 1 aromatic heterocycles. The standard InChI is InChI=1S/C13H18N2O5S2/c1-13(17,8-21-3)7-14-22(18,19)9-4-5-11-10(6-9)15(2)12(16)20-11/h4-6,14,17H,7-8H2,1-3H3. The molecule has 9 heteroatoms. The second kappa shape index (κ2) is 6.07. The number of nitrogens with zero attached hydrogens (tertiary/aromatic N) is 1. The van der Waals surface area contributed by atoms with Crippen molar-refractivity contribution >= 4 is 32.9 Å². The van der Waals surface area contributed by atoms with Crippen LogP contribution in [0.15, 0.2) is 32.3 Å². The van der Waals surface area contributed by atoms with Crippen molar-refractivity contribution in [2.45, 2.75) is 17.4 Å². The Hall–Kier alpha value is -1.29. The Balaban J connectivity index is 2.30. The Morgan fingerprint density at radius 1 is 1.45 bits per heavy atom. The van der Waals surface area contributed by atoms with Gasteiger partial charge in [0.25, 0.3) is 0 Å². The molecule has 122 valence electrons. The first kappa shape index (κ1) is 17.1. The van der Waals surface area contributed by atoms with Gasteiger partial charge in [-0.2, -0.15) is 11.8 Å². The van der Waals surface area contributed by atoms with Gasteiger partial charge in [0, 0.05) is 19.3 Å². The Morgan fingerprint density at radius 3 is 2.77 bits per heavy atom. The highest BCUT2D eigenvalue weighted by atomic mass is 32.2. The fourth-order valence-corrected chi connectivity index (χ4v) is 3.88. The molecule has 0 saturated carbocycles. The number of aromatic nitrogens is 1. The Bertz CT molecular complexity index is 836. The molecule has 1 heterocycles. The molecular formula is C13H18N2O5S2. The first-order valence-electron chi connectivity index (χ1n) is 6.47. The number of benzene rings is 1. The summed E-state index contributed by atoms with van der Waals surface area (Å²) in [7, 11) is -2.29. The topological polar surface area (TPSA) is 102 Å². The van der Waals surface area contributed by atoms with Crippen molar-refractivity contribution in [2.75, 3.05) is 18.6 Å². The van der Waals surface area contributed by atoms with Gasteiger partial charge in [-0.3, -0.25) is 4.57 Å². The van der Waals surface area contributed by atoms with E-state index in [2.05, 4.69) is 4.72 Å². The molecule has 0 bridgehead atoms. The maximum absolute atomic E-state index is 12.3. The van der Waals surface area contributed by atoms with Gasteiger partial charge in [0.15, 0.2) is 5.58 Å². The van der Waals surface area contributed by atoms with E-state index in [1.54, 1.807) is 6.92 Å². The zero-order valence-electron chi connectivity index (χ0n) is 12.5. The Kier molecular flexibility index (Phi) is 4.71. The van der Waals surface area contributed by atoms with Crippen molar-refractivity contribution in [2.24, 2.45) is 7.05 Å². The third-order valence-corrected chi connectivity index (χ3v) is 5.48. The molecule has 0 spiro atoms. The van der Waals surface area contributed by atoms with Crippen molar-refractivity contribution in [3.63, 3.8) is 0 Å². The van der Waals surface area contributed by atoms with Gasteiger partial charge in [-0.15, -0.1) is 0 Å². The SMILES string of the molecule is CSCC(C)(O)CNS(=O)(=O)c1ccc2oc(=O)n(C)c2c1. The van der Waals surface area contributed by atoms with E-state index >= 15 is 0 Å². The van der Waals surface area contributed by atoms with E-state index in [-0.39, 0.29) is 11.4 Å². The summed E-state index contributed by atoms with van der Waals surface area (Å²) in [4.78, 5) is 11.4. The maximum Gasteiger partial charge on any atom is 0.419 e. The zero-order valence-corrected chi connectivity index (χ0v) is 14.1. The molecule has 1 unspecified atom stereocenters. The van der Waals surface area contributed by atoms with E-state index in [0.29, 0.717) is 16.9 Å². The van der Waals surface area contributed by atoms with Crippen LogP contribution in [0.25, 0.3) is 11.1 Å². The van der Waals surface area contributed by atoms with E-state index in [1.807, 2.05) is 6.26 Å². The van der Waals surface area contributed by atoms with E-state index in [9.17, 15) is 18.3 Å². The minimum absolute atomic E-state index is 0.0105. The molecule has 0 aliphatic rings. The summed E-state index contributed by atoms with van der Waals surface area (Å²) in [6, 6.07) is 4.16. The van der Waals surface area contributed by atoms with Crippen LogP contribution in [0, 0.1) is 0 Å². The number of aryl methyl sites for hydroxylation is 1. The van der Waals surface area contributed by atoms with Gasteiger partial charge in [0.05, 0.1) is 16.0 Å². The highest BCUT2D eigenvalue weighted by Gasteiger charge is 2.24. The molecule has 1 aromatic carbocycles.